The fourth-order valence-corrected chi connectivity index (χ4v) is 3.70. The van der Waals surface area contributed by atoms with E-state index in [0.29, 0.717) is 6.54 Å². The first-order valence-electron chi connectivity index (χ1n) is 9.52. The van der Waals surface area contributed by atoms with E-state index in [-0.39, 0.29) is 23.7 Å². The Bertz CT molecular complexity index is 398. The molecule has 0 bridgehead atoms. The van der Waals surface area contributed by atoms with Crippen molar-refractivity contribution in [3.8, 4) is 0 Å². The molecule has 24 heavy (non-hydrogen) atoms. The highest BCUT2D eigenvalue weighted by Crippen LogP contribution is 2.30. The van der Waals surface area contributed by atoms with Gasteiger partial charge < -0.3 is 15.0 Å². The zero-order valence-electron chi connectivity index (χ0n) is 15.3. The van der Waals surface area contributed by atoms with Crippen molar-refractivity contribution < 1.29 is 14.3 Å². The van der Waals surface area contributed by atoms with Crippen molar-refractivity contribution in [2.24, 2.45) is 11.8 Å². The fourth-order valence-electron chi connectivity index (χ4n) is 3.70. The minimum Gasteiger partial charge on any atom is -0.379 e. The summed E-state index contributed by atoms with van der Waals surface area (Å²) in [4.78, 5) is 28.9. The minimum atomic E-state index is 0.0791. The van der Waals surface area contributed by atoms with E-state index in [1.54, 1.807) is 0 Å². The van der Waals surface area contributed by atoms with Crippen molar-refractivity contribution in [2.45, 2.75) is 39.5 Å². The largest absolute Gasteiger partial charge is 0.379 e. The number of hydrogen-bond acceptors (Lipinski definition) is 4. The zero-order chi connectivity index (χ0) is 17.4. The number of nitrogens with one attached hydrogen (secondary N) is 1. The van der Waals surface area contributed by atoms with Crippen LogP contribution in [0.5, 0.6) is 0 Å². The third-order valence-electron chi connectivity index (χ3n) is 5.35. The second-order valence-corrected chi connectivity index (χ2v) is 6.80. The van der Waals surface area contributed by atoms with Gasteiger partial charge in [-0.1, -0.05) is 0 Å². The van der Waals surface area contributed by atoms with Gasteiger partial charge in [0.25, 0.3) is 0 Å². The summed E-state index contributed by atoms with van der Waals surface area (Å²) >= 11 is 0. The van der Waals surface area contributed by atoms with Crippen molar-refractivity contribution in [2.75, 3.05) is 52.5 Å². The first kappa shape index (κ1) is 19.2. The van der Waals surface area contributed by atoms with Crippen LogP contribution >= 0.6 is 0 Å². The van der Waals surface area contributed by atoms with Crippen LogP contribution in [0.1, 0.15) is 39.5 Å². The Balaban J connectivity index is 1.65. The predicted octanol–water partition coefficient (Wildman–Crippen LogP) is 1.11. The summed E-state index contributed by atoms with van der Waals surface area (Å²) in [6, 6.07) is 0. The van der Waals surface area contributed by atoms with Gasteiger partial charge in [-0.3, -0.25) is 14.5 Å². The van der Waals surface area contributed by atoms with Gasteiger partial charge in [0, 0.05) is 51.1 Å². The first-order chi connectivity index (χ1) is 11.7. The van der Waals surface area contributed by atoms with Crippen LogP contribution in [0, 0.1) is 11.8 Å². The van der Waals surface area contributed by atoms with E-state index < -0.39 is 0 Å². The van der Waals surface area contributed by atoms with Gasteiger partial charge in [-0.2, -0.15) is 0 Å². The highest BCUT2D eigenvalue weighted by Gasteiger charge is 2.31. The minimum absolute atomic E-state index is 0.0791. The monoisotopic (exact) mass is 339 g/mol. The van der Waals surface area contributed by atoms with Gasteiger partial charge >= 0.3 is 0 Å². The van der Waals surface area contributed by atoms with Crippen molar-refractivity contribution in [1.82, 2.24) is 15.1 Å². The van der Waals surface area contributed by atoms with E-state index in [0.717, 1.165) is 71.6 Å². The lowest BCUT2D eigenvalue weighted by Crippen LogP contribution is -2.43. The number of rotatable bonds is 7. The second kappa shape index (κ2) is 9.99. The van der Waals surface area contributed by atoms with Crippen LogP contribution < -0.4 is 5.32 Å². The molecule has 6 nitrogen and oxygen atoms in total. The molecule has 2 amide bonds. The Labute approximate surface area is 145 Å². The van der Waals surface area contributed by atoms with Crippen molar-refractivity contribution in [3.05, 3.63) is 0 Å². The van der Waals surface area contributed by atoms with Gasteiger partial charge in [0.05, 0.1) is 13.2 Å². The van der Waals surface area contributed by atoms with Crippen LogP contribution in [0.15, 0.2) is 0 Å². The van der Waals surface area contributed by atoms with E-state index in [1.165, 1.54) is 0 Å². The molecule has 138 valence electrons. The average Bonchev–Trinajstić information content (AvgIpc) is 2.63. The third kappa shape index (κ3) is 5.45. The molecular formula is C18H33N3O3. The SMILES string of the molecule is CCN(CC)C(=O)C1CCC(C(=O)NCCN2CCOCC2)CC1. The summed E-state index contributed by atoms with van der Waals surface area (Å²) in [5.41, 5.74) is 0. The van der Waals surface area contributed by atoms with Gasteiger partial charge in [0.2, 0.25) is 11.8 Å². The topological polar surface area (TPSA) is 61.9 Å². The average molecular weight is 339 g/mol. The molecule has 0 aromatic rings. The molecule has 1 aliphatic carbocycles. The molecule has 6 heteroatoms. The maximum Gasteiger partial charge on any atom is 0.225 e. The van der Waals surface area contributed by atoms with E-state index in [4.69, 9.17) is 4.74 Å². The molecule has 0 aromatic heterocycles. The molecule has 2 fully saturated rings. The Morgan fingerprint density at radius 1 is 1.04 bits per heavy atom. The Morgan fingerprint density at radius 2 is 1.62 bits per heavy atom. The van der Waals surface area contributed by atoms with Crippen molar-refractivity contribution in [3.63, 3.8) is 0 Å². The second-order valence-electron chi connectivity index (χ2n) is 6.80. The number of carbonyl (C=O) groups excluding carboxylic acids is 2. The van der Waals surface area contributed by atoms with Crippen LogP contribution in [0.4, 0.5) is 0 Å². The van der Waals surface area contributed by atoms with Crippen LogP contribution in [0.3, 0.4) is 0 Å². The Morgan fingerprint density at radius 3 is 2.21 bits per heavy atom. The molecule has 0 atom stereocenters. The van der Waals surface area contributed by atoms with E-state index in [2.05, 4.69) is 10.2 Å². The van der Waals surface area contributed by atoms with Crippen LogP contribution in [-0.4, -0.2) is 74.1 Å². The third-order valence-corrected chi connectivity index (χ3v) is 5.35. The molecule has 1 saturated carbocycles. The molecule has 0 unspecified atom stereocenters. The molecule has 0 aromatic carbocycles. The molecule has 0 spiro atoms. The fraction of sp³-hybridized carbons (Fsp3) is 0.889. The van der Waals surface area contributed by atoms with Gasteiger partial charge in [0.1, 0.15) is 0 Å². The number of morpholine rings is 1. The first-order valence-corrected chi connectivity index (χ1v) is 9.52. The smallest absolute Gasteiger partial charge is 0.225 e. The van der Waals surface area contributed by atoms with Crippen LogP contribution in [0.25, 0.3) is 0 Å². The summed E-state index contributed by atoms with van der Waals surface area (Å²) in [6.07, 6.45) is 3.36. The van der Waals surface area contributed by atoms with Crippen molar-refractivity contribution >= 4 is 11.8 Å². The normalized spacial score (nSPS) is 25.2. The van der Waals surface area contributed by atoms with Gasteiger partial charge in [-0.25, -0.2) is 0 Å². The summed E-state index contributed by atoms with van der Waals surface area (Å²) in [7, 11) is 0. The number of hydrogen-bond donors (Lipinski definition) is 1. The number of amides is 2. The lowest BCUT2D eigenvalue weighted by molar-refractivity contribution is -0.138. The van der Waals surface area contributed by atoms with E-state index in [9.17, 15) is 9.59 Å². The molecule has 1 heterocycles. The van der Waals surface area contributed by atoms with Crippen molar-refractivity contribution in [1.29, 1.82) is 0 Å². The van der Waals surface area contributed by atoms with Crippen LogP contribution in [-0.2, 0) is 14.3 Å². The Hall–Kier alpha value is -1.14. The molecule has 0 radical (unpaired) electrons. The maximum atomic E-state index is 12.4. The number of ether oxygens (including phenoxy) is 1. The molecular weight excluding hydrogens is 306 g/mol. The quantitative estimate of drug-likeness (QED) is 0.755. The summed E-state index contributed by atoms with van der Waals surface area (Å²) in [5.74, 6) is 0.626. The lowest BCUT2D eigenvalue weighted by atomic mass is 9.81. The zero-order valence-corrected chi connectivity index (χ0v) is 15.3. The number of carbonyl (C=O) groups is 2. The van der Waals surface area contributed by atoms with E-state index >= 15 is 0 Å². The molecule has 1 aliphatic heterocycles. The van der Waals surface area contributed by atoms with Gasteiger partial charge in [-0.15, -0.1) is 0 Å². The maximum absolute atomic E-state index is 12.4. The Kier molecular flexibility index (Phi) is 7.99. The summed E-state index contributed by atoms with van der Waals surface area (Å²) in [6.45, 7) is 10.7. The highest BCUT2D eigenvalue weighted by molar-refractivity contribution is 5.81. The summed E-state index contributed by atoms with van der Waals surface area (Å²) in [5, 5.41) is 3.07. The molecule has 2 rings (SSSR count). The van der Waals surface area contributed by atoms with Crippen LogP contribution in [0.2, 0.25) is 0 Å². The standard InChI is InChI=1S/C18H33N3O3/c1-3-21(4-2)18(23)16-7-5-15(6-8-16)17(22)19-9-10-20-11-13-24-14-12-20/h15-16H,3-14H2,1-2H3,(H,19,22). The lowest BCUT2D eigenvalue weighted by Gasteiger charge is -2.31. The van der Waals surface area contributed by atoms with Gasteiger partial charge in [-0.05, 0) is 39.5 Å². The molecule has 1 N–H and O–H groups in total. The molecule has 1 saturated heterocycles. The summed E-state index contributed by atoms with van der Waals surface area (Å²) < 4.78 is 5.32. The molecule has 2 aliphatic rings. The number of nitrogens with zero attached hydrogens (tertiary/aromatic N) is 2. The predicted molar refractivity (Wildman–Crippen MR) is 93.6 cm³/mol. The van der Waals surface area contributed by atoms with E-state index in [1.807, 2.05) is 18.7 Å². The van der Waals surface area contributed by atoms with Gasteiger partial charge in [0.15, 0.2) is 0 Å². The highest BCUT2D eigenvalue weighted by atomic mass is 16.5.